The summed E-state index contributed by atoms with van der Waals surface area (Å²) in [6.45, 7) is 3.22. The number of rotatable bonds is 14. The highest BCUT2D eigenvalue weighted by Crippen LogP contribution is 2.38. The summed E-state index contributed by atoms with van der Waals surface area (Å²) >= 11 is -1.73. The first kappa shape index (κ1) is 24.3. The fraction of sp³-hybridized carbons (Fsp3) is 1.00. The Bertz CT molecular complexity index is 399. The molecule has 2 rings (SSSR count). The normalized spacial score (nSPS) is 21.1. The SMILES string of the molecule is CCCCCCCCCCCC[N+](C1CCCCC1)(C1CCCCC1)S(=O)O. The second-order valence-corrected chi connectivity index (χ2v) is 10.7. The lowest BCUT2D eigenvalue weighted by Crippen LogP contribution is -2.63. The predicted octanol–water partition coefficient (Wildman–Crippen LogP) is 7.53. The average molecular weight is 415 g/mol. The van der Waals surface area contributed by atoms with Gasteiger partial charge < -0.3 is 0 Å². The van der Waals surface area contributed by atoms with Gasteiger partial charge in [0.15, 0.2) is 0 Å². The van der Waals surface area contributed by atoms with E-state index in [1.54, 1.807) is 0 Å². The van der Waals surface area contributed by atoms with Crippen LogP contribution in [0.1, 0.15) is 135 Å². The molecular weight excluding hydrogens is 366 g/mol. The maximum atomic E-state index is 12.8. The van der Waals surface area contributed by atoms with Crippen LogP contribution in [0.15, 0.2) is 0 Å². The largest absolute Gasteiger partial charge is 0.359 e. The highest BCUT2D eigenvalue weighted by Gasteiger charge is 2.49. The Labute approximate surface area is 178 Å². The smallest absolute Gasteiger partial charge is 0.261 e. The molecule has 3 nitrogen and oxygen atoms in total. The highest BCUT2D eigenvalue weighted by molar-refractivity contribution is 7.73. The van der Waals surface area contributed by atoms with Gasteiger partial charge in [0.25, 0.3) is 0 Å². The highest BCUT2D eigenvalue weighted by atomic mass is 32.2. The van der Waals surface area contributed by atoms with Crippen molar-refractivity contribution >= 4 is 11.3 Å². The lowest BCUT2D eigenvalue weighted by atomic mass is 9.88. The minimum absolute atomic E-state index is 0.432. The second kappa shape index (κ2) is 14.1. The van der Waals surface area contributed by atoms with Crippen molar-refractivity contribution in [2.75, 3.05) is 6.54 Å². The van der Waals surface area contributed by atoms with E-state index < -0.39 is 11.3 Å². The number of nitrogens with zero attached hydrogens (tertiary/aromatic N) is 1. The summed E-state index contributed by atoms with van der Waals surface area (Å²) < 4.78 is 23.9. The molecule has 28 heavy (non-hydrogen) atoms. The molecule has 0 aromatic carbocycles. The zero-order valence-corrected chi connectivity index (χ0v) is 19.5. The van der Waals surface area contributed by atoms with Crippen molar-refractivity contribution in [1.29, 1.82) is 0 Å². The van der Waals surface area contributed by atoms with E-state index in [0.29, 0.717) is 16.0 Å². The average Bonchev–Trinajstić information content (AvgIpc) is 2.73. The van der Waals surface area contributed by atoms with E-state index in [4.69, 9.17) is 0 Å². The van der Waals surface area contributed by atoms with Crippen molar-refractivity contribution in [3.63, 3.8) is 0 Å². The van der Waals surface area contributed by atoms with E-state index in [0.717, 1.165) is 13.0 Å². The van der Waals surface area contributed by atoms with Crippen LogP contribution in [-0.2, 0) is 11.3 Å². The molecule has 2 fully saturated rings. The molecule has 166 valence electrons. The fourth-order valence-corrected chi connectivity index (χ4v) is 7.10. The van der Waals surface area contributed by atoms with Gasteiger partial charge in [-0.1, -0.05) is 71.1 Å². The molecule has 0 bridgehead atoms. The molecule has 4 heteroatoms. The third kappa shape index (κ3) is 7.40. The Hall–Kier alpha value is 0.0700. The molecule has 0 radical (unpaired) electrons. The van der Waals surface area contributed by atoms with Gasteiger partial charge in [0.2, 0.25) is 0 Å². The Morgan fingerprint density at radius 1 is 0.679 bits per heavy atom. The molecule has 1 N–H and O–H groups in total. The van der Waals surface area contributed by atoms with Crippen LogP contribution in [0.3, 0.4) is 0 Å². The van der Waals surface area contributed by atoms with Crippen LogP contribution >= 0.6 is 0 Å². The van der Waals surface area contributed by atoms with Crippen molar-refractivity contribution in [1.82, 2.24) is 0 Å². The van der Waals surface area contributed by atoms with Crippen molar-refractivity contribution in [3.8, 4) is 0 Å². The minimum atomic E-state index is -1.73. The molecular formula is C24H48NO2S+. The Kier molecular flexibility index (Phi) is 12.3. The minimum Gasteiger partial charge on any atom is -0.261 e. The summed E-state index contributed by atoms with van der Waals surface area (Å²) in [6.07, 6.45) is 25.7. The fourth-order valence-electron chi connectivity index (χ4n) is 5.88. The predicted molar refractivity (Wildman–Crippen MR) is 121 cm³/mol. The molecule has 1 unspecified atom stereocenters. The standard InChI is InChI=1S/C24H47NO2S/c1-2-3-4-5-6-7-8-9-10-17-22-25(28(26)27,23-18-13-11-14-19-23)24-20-15-12-16-21-24/h23-24H,2-22H2,1H3/p+1. The van der Waals surface area contributed by atoms with Gasteiger partial charge in [0, 0.05) is 25.7 Å². The summed E-state index contributed by atoms with van der Waals surface area (Å²) in [5.74, 6) is 0. The molecule has 0 amide bonds. The Balaban J connectivity index is 1.81. The lowest BCUT2D eigenvalue weighted by molar-refractivity contribution is -0.862. The number of hydrogen-bond acceptors (Lipinski definition) is 1. The van der Waals surface area contributed by atoms with Gasteiger partial charge in [-0.05, 0) is 38.5 Å². The monoisotopic (exact) mass is 414 g/mol. The van der Waals surface area contributed by atoms with Gasteiger partial charge in [-0.15, -0.1) is 0 Å². The molecule has 2 aliphatic carbocycles. The van der Waals surface area contributed by atoms with Crippen molar-refractivity contribution in [2.24, 2.45) is 0 Å². The van der Waals surface area contributed by atoms with Crippen LogP contribution in [0.2, 0.25) is 0 Å². The van der Waals surface area contributed by atoms with Gasteiger partial charge >= 0.3 is 11.3 Å². The first-order valence-corrected chi connectivity index (χ1v) is 13.8. The molecule has 0 saturated heterocycles. The third-order valence-corrected chi connectivity index (χ3v) is 8.90. The molecule has 0 aromatic heterocycles. The molecule has 0 spiro atoms. The van der Waals surface area contributed by atoms with E-state index in [2.05, 4.69) is 6.92 Å². The first-order chi connectivity index (χ1) is 13.7. The van der Waals surface area contributed by atoms with Gasteiger partial charge in [0.05, 0.1) is 6.54 Å². The summed E-state index contributed by atoms with van der Waals surface area (Å²) in [4.78, 5) is 0. The molecule has 0 aromatic rings. The molecule has 0 heterocycles. The van der Waals surface area contributed by atoms with Crippen molar-refractivity contribution < 1.29 is 12.6 Å². The Morgan fingerprint density at radius 2 is 1.07 bits per heavy atom. The molecule has 0 aliphatic heterocycles. The summed E-state index contributed by atoms with van der Waals surface area (Å²) in [5, 5.41) is 0. The van der Waals surface area contributed by atoms with Crippen LogP contribution in [0.5, 0.6) is 0 Å². The van der Waals surface area contributed by atoms with Crippen molar-refractivity contribution in [2.45, 2.75) is 147 Å². The van der Waals surface area contributed by atoms with E-state index in [-0.39, 0.29) is 0 Å². The zero-order valence-electron chi connectivity index (χ0n) is 18.7. The quantitative estimate of drug-likeness (QED) is 0.181. The van der Waals surface area contributed by atoms with Gasteiger partial charge in [0.1, 0.15) is 12.1 Å². The zero-order chi connectivity index (χ0) is 20.1. The molecule has 2 aliphatic rings. The Morgan fingerprint density at radius 3 is 1.46 bits per heavy atom. The maximum Gasteiger partial charge on any atom is 0.359 e. The van der Waals surface area contributed by atoms with Gasteiger partial charge in [-0.3, -0.25) is 4.55 Å². The van der Waals surface area contributed by atoms with Crippen LogP contribution in [0.25, 0.3) is 0 Å². The van der Waals surface area contributed by atoms with E-state index >= 15 is 0 Å². The first-order valence-electron chi connectivity index (χ1n) is 12.7. The number of quaternary nitrogens is 1. The maximum absolute atomic E-state index is 12.8. The topological polar surface area (TPSA) is 37.3 Å². The summed E-state index contributed by atoms with van der Waals surface area (Å²) in [5.41, 5.74) is 0. The van der Waals surface area contributed by atoms with E-state index in [9.17, 15) is 8.76 Å². The molecule has 1 atom stereocenters. The second-order valence-electron chi connectivity index (χ2n) is 9.57. The summed E-state index contributed by atoms with van der Waals surface area (Å²) in [6, 6.07) is 0.863. The van der Waals surface area contributed by atoms with Gasteiger partial charge in [-0.25, -0.2) is 3.89 Å². The van der Waals surface area contributed by atoms with Crippen LogP contribution in [0, 0.1) is 0 Å². The molecule has 2 saturated carbocycles. The van der Waals surface area contributed by atoms with Crippen LogP contribution in [-0.4, -0.2) is 31.3 Å². The van der Waals surface area contributed by atoms with Crippen LogP contribution < -0.4 is 0 Å². The van der Waals surface area contributed by atoms with Crippen LogP contribution in [0.4, 0.5) is 0 Å². The summed E-state index contributed by atoms with van der Waals surface area (Å²) in [7, 11) is 0. The number of hydrogen-bond donors (Lipinski definition) is 1. The lowest BCUT2D eigenvalue weighted by Gasteiger charge is -2.48. The number of unbranched alkanes of at least 4 members (excludes halogenated alkanes) is 9. The van der Waals surface area contributed by atoms with E-state index in [1.807, 2.05) is 0 Å². The van der Waals surface area contributed by atoms with Crippen molar-refractivity contribution in [3.05, 3.63) is 0 Å². The third-order valence-electron chi connectivity index (χ3n) is 7.54. The van der Waals surface area contributed by atoms with Gasteiger partial charge in [-0.2, -0.15) is 4.21 Å². The van der Waals surface area contributed by atoms with E-state index in [1.165, 1.54) is 122 Å².